The fraction of sp³-hybridized carbons (Fsp3) is 0.556. The number of hydrogen-bond donors (Lipinski definition) is 0. The number of amides is 1. The van der Waals surface area contributed by atoms with E-state index in [2.05, 4.69) is 25.8 Å². The van der Waals surface area contributed by atoms with Crippen LogP contribution >= 0.6 is 0 Å². The summed E-state index contributed by atoms with van der Waals surface area (Å²) >= 11 is 0. The fourth-order valence-corrected chi connectivity index (χ4v) is 4.02. The van der Waals surface area contributed by atoms with Gasteiger partial charge >= 0.3 is 0 Å². The largest absolute Gasteiger partial charge is 0.497 e. The summed E-state index contributed by atoms with van der Waals surface area (Å²) in [6.07, 6.45) is 3.39. The molecular weight excluding hydrogens is 262 g/mol. The second-order valence-electron chi connectivity index (χ2n) is 7.09. The molecule has 21 heavy (non-hydrogen) atoms. The number of rotatable bonds is 2. The zero-order valence-corrected chi connectivity index (χ0v) is 13.3. The van der Waals surface area contributed by atoms with Crippen LogP contribution in [0.2, 0.25) is 0 Å². The van der Waals surface area contributed by atoms with Gasteiger partial charge in [0.2, 0.25) is 0 Å². The standard InChI is InChI=1S/C18H23NO2/c1-17(2)13-9-10-18(17,3)15(11-13)19-16(20)12-5-7-14(21-4)8-6-12/h5-8,13H,9-11H2,1-4H3. The Labute approximate surface area is 126 Å². The molecule has 2 saturated carbocycles. The molecule has 112 valence electrons. The number of carbonyl (C=O) groups excluding carboxylic acids is 1. The predicted molar refractivity (Wildman–Crippen MR) is 84.0 cm³/mol. The number of methoxy groups -OCH3 is 1. The van der Waals surface area contributed by atoms with Crippen molar-refractivity contribution in [1.29, 1.82) is 0 Å². The van der Waals surface area contributed by atoms with Gasteiger partial charge in [-0.15, -0.1) is 0 Å². The Morgan fingerprint density at radius 3 is 2.38 bits per heavy atom. The van der Waals surface area contributed by atoms with Gasteiger partial charge in [0.1, 0.15) is 5.75 Å². The van der Waals surface area contributed by atoms with Crippen molar-refractivity contribution in [3.8, 4) is 5.75 Å². The molecule has 0 N–H and O–H groups in total. The maximum absolute atomic E-state index is 12.4. The summed E-state index contributed by atoms with van der Waals surface area (Å²) in [5.74, 6) is 1.30. The van der Waals surface area contributed by atoms with Crippen molar-refractivity contribution in [3.63, 3.8) is 0 Å². The quantitative estimate of drug-likeness (QED) is 0.819. The molecule has 3 heteroatoms. The molecule has 0 heterocycles. The Morgan fingerprint density at radius 2 is 1.90 bits per heavy atom. The smallest absolute Gasteiger partial charge is 0.276 e. The van der Waals surface area contributed by atoms with Crippen LogP contribution in [0.15, 0.2) is 29.3 Å². The van der Waals surface area contributed by atoms with Crippen molar-refractivity contribution in [2.75, 3.05) is 7.11 Å². The van der Waals surface area contributed by atoms with Crippen LogP contribution in [-0.2, 0) is 0 Å². The fourth-order valence-electron chi connectivity index (χ4n) is 4.02. The summed E-state index contributed by atoms with van der Waals surface area (Å²) in [7, 11) is 1.62. The van der Waals surface area contributed by atoms with E-state index in [1.807, 2.05) is 0 Å². The van der Waals surface area contributed by atoms with Gasteiger partial charge in [-0.05, 0) is 54.9 Å². The lowest BCUT2D eigenvalue weighted by molar-refractivity contribution is 0.100. The van der Waals surface area contributed by atoms with Crippen LogP contribution in [0.5, 0.6) is 5.75 Å². The molecule has 1 amide bonds. The molecule has 3 nitrogen and oxygen atoms in total. The van der Waals surface area contributed by atoms with Gasteiger partial charge in [0.15, 0.2) is 0 Å². The summed E-state index contributed by atoms with van der Waals surface area (Å²) in [6, 6.07) is 7.18. The number of benzene rings is 1. The molecule has 2 aliphatic carbocycles. The molecular formula is C18H23NO2. The molecule has 0 aliphatic heterocycles. The molecule has 1 aromatic rings. The molecule has 0 spiro atoms. The van der Waals surface area contributed by atoms with Crippen molar-refractivity contribution in [1.82, 2.24) is 0 Å². The Bertz CT molecular complexity index is 600. The zero-order chi connectivity index (χ0) is 15.3. The predicted octanol–water partition coefficient (Wildman–Crippen LogP) is 4.12. The Balaban J connectivity index is 1.87. The van der Waals surface area contributed by atoms with Crippen LogP contribution in [0.1, 0.15) is 50.4 Å². The Kier molecular flexibility index (Phi) is 3.19. The highest BCUT2D eigenvalue weighted by atomic mass is 16.5. The van der Waals surface area contributed by atoms with E-state index >= 15 is 0 Å². The van der Waals surface area contributed by atoms with Crippen molar-refractivity contribution in [2.45, 2.75) is 40.0 Å². The van der Waals surface area contributed by atoms with Gasteiger partial charge in [-0.25, -0.2) is 4.99 Å². The van der Waals surface area contributed by atoms with Crippen molar-refractivity contribution in [3.05, 3.63) is 29.8 Å². The molecule has 2 atom stereocenters. The van der Waals surface area contributed by atoms with Gasteiger partial charge in [-0.2, -0.15) is 0 Å². The second kappa shape index (κ2) is 4.69. The van der Waals surface area contributed by atoms with E-state index in [4.69, 9.17) is 4.74 Å². The number of carbonyl (C=O) groups is 1. The highest BCUT2D eigenvalue weighted by molar-refractivity contribution is 6.07. The molecule has 0 radical (unpaired) electrons. The lowest BCUT2D eigenvalue weighted by Gasteiger charge is -2.34. The Morgan fingerprint density at radius 1 is 1.24 bits per heavy atom. The highest BCUT2D eigenvalue weighted by Crippen LogP contribution is 2.64. The van der Waals surface area contributed by atoms with Gasteiger partial charge in [-0.3, -0.25) is 4.79 Å². The van der Waals surface area contributed by atoms with Gasteiger partial charge in [-0.1, -0.05) is 20.8 Å². The minimum absolute atomic E-state index is 0.0831. The lowest BCUT2D eigenvalue weighted by atomic mass is 9.70. The van der Waals surface area contributed by atoms with Crippen molar-refractivity contribution in [2.24, 2.45) is 21.7 Å². The molecule has 3 rings (SSSR count). The third kappa shape index (κ3) is 2.02. The van der Waals surface area contributed by atoms with Crippen molar-refractivity contribution < 1.29 is 9.53 Å². The molecule has 0 aromatic heterocycles. The molecule has 2 unspecified atom stereocenters. The highest BCUT2D eigenvalue weighted by Gasteiger charge is 2.59. The summed E-state index contributed by atoms with van der Waals surface area (Å²) in [4.78, 5) is 16.9. The zero-order valence-electron chi connectivity index (χ0n) is 13.3. The van der Waals surface area contributed by atoms with Gasteiger partial charge < -0.3 is 4.74 Å². The second-order valence-corrected chi connectivity index (χ2v) is 7.09. The maximum atomic E-state index is 12.4. The number of nitrogens with zero attached hydrogens (tertiary/aromatic N) is 1. The van der Waals surface area contributed by atoms with Crippen LogP contribution in [0, 0.1) is 16.7 Å². The van der Waals surface area contributed by atoms with E-state index in [1.165, 1.54) is 6.42 Å². The third-order valence-electron chi connectivity index (χ3n) is 6.09. The first-order chi connectivity index (χ1) is 9.88. The minimum atomic E-state index is -0.128. The molecule has 2 aliphatic rings. The summed E-state index contributed by atoms with van der Waals surface area (Å²) in [6.45, 7) is 6.93. The van der Waals surface area contributed by atoms with Crippen LogP contribution in [-0.4, -0.2) is 18.7 Å². The van der Waals surface area contributed by atoms with Gasteiger partial charge in [0.25, 0.3) is 5.91 Å². The number of hydrogen-bond acceptors (Lipinski definition) is 2. The Hall–Kier alpha value is -1.64. The van der Waals surface area contributed by atoms with E-state index in [0.717, 1.165) is 24.3 Å². The monoisotopic (exact) mass is 285 g/mol. The van der Waals surface area contributed by atoms with Crippen LogP contribution < -0.4 is 4.74 Å². The summed E-state index contributed by atoms with van der Waals surface area (Å²) < 4.78 is 5.12. The van der Waals surface area contributed by atoms with E-state index in [-0.39, 0.29) is 16.7 Å². The number of ether oxygens (including phenoxy) is 1. The first kappa shape index (κ1) is 14.3. The first-order valence-electron chi connectivity index (χ1n) is 7.65. The molecule has 1 aromatic carbocycles. The maximum Gasteiger partial charge on any atom is 0.276 e. The van der Waals surface area contributed by atoms with E-state index in [9.17, 15) is 4.79 Å². The molecule has 0 saturated heterocycles. The first-order valence-corrected chi connectivity index (χ1v) is 7.65. The number of fused-ring (bicyclic) bond motifs is 2. The van der Waals surface area contributed by atoms with Crippen LogP contribution in [0.4, 0.5) is 0 Å². The average molecular weight is 285 g/mol. The molecule has 2 fully saturated rings. The lowest BCUT2D eigenvalue weighted by Crippen LogP contribution is -2.33. The summed E-state index contributed by atoms with van der Waals surface area (Å²) in [5, 5.41) is 0. The van der Waals surface area contributed by atoms with E-state index in [1.54, 1.807) is 31.4 Å². The normalized spacial score (nSPS) is 31.6. The average Bonchev–Trinajstić information content (AvgIpc) is 2.80. The topological polar surface area (TPSA) is 38.7 Å². The number of aliphatic imine (C=N–C) groups is 1. The summed E-state index contributed by atoms with van der Waals surface area (Å²) in [5.41, 5.74) is 2.07. The third-order valence-corrected chi connectivity index (χ3v) is 6.09. The van der Waals surface area contributed by atoms with Gasteiger partial charge in [0.05, 0.1) is 7.11 Å². The van der Waals surface area contributed by atoms with E-state index < -0.39 is 0 Å². The van der Waals surface area contributed by atoms with Crippen molar-refractivity contribution >= 4 is 11.6 Å². The minimum Gasteiger partial charge on any atom is -0.497 e. The van der Waals surface area contributed by atoms with E-state index in [0.29, 0.717) is 11.5 Å². The van der Waals surface area contributed by atoms with Gasteiger partial charge in [0, 0.05) is 16.7 Å². The molecule has 2 bridgehead atoms. The SMILES string of the molecule is COc1ccc(C(=O)N=C2CC3CCC2(C)C3(C)C)cc1. The van der Waals surface area contributed by atoms with Crippen LogP contribution in [0.25, 0.3) is 0 Å². The van der Waals surface area contributed by atoms with Crippen LogP contribution in [0.3, 0.4) is 0 Å².